The summed E-state index contributed by atoms with van der Waals surface area (Å²) in [6.07, 6.45) is 0. The molecule has 1 heterocycles. The molecule has 2 aromatic carbocycles. The second-order valence-electron chi connectivity index (χ2n) is 3.83. The van der Waals surface area contributed by atoms with Crippen LogP contribution >= 0.6 is 11.3 Å². The molecule has 17 heavy (non-hydrogen) atoms. The fourth-order valence-corrected chi connectivity index (χ4v) is 2.76. The molecule has 0 atom stereocenters. The van der Waals surface area contributed by atoms with Crippen LogP contribution in [0.4, 0.5) is 5.69 Å². The van der Waals surface area contributed by atoms with E-state index in [4.69, 9.17) is 0 Å². The van der Waals surface area contributed by atoms with E-state index >= 15 is 0 Å². The molecule has 0 bridgehead atoms. The van der Waals surface area contributed by atoms with Gasteiger partial charge < -0.3 is 5.32 Å². The highest BCUT2D eigenvalue weighted by molar-refractivity contribution is 7.17. The molecule has 2 nitrogen and oxygen atoms in total. The van der Waals surface area contributed by atoms with Crippen molar-refractivity contribution >= 4 is 27.2 Å². The molecule has 0 radical (unpaired) electrons. The average molecular weight is 240 g/mol. The lowest BCUT2D eigenvalue weighted by molar-refractivity contribution is 1.49. The van der Waals surface area contributed by atoms with Crippen LogP contribution in [0.25, 0.3) is 21.3 Å². The molecular formula is C14H12N2S. The van der Waals surface area contributed by atoms with Crippen molar-refractivity contribution in [2.75, 3.05) is 12.4 Å². The quantitative estimate of drug-likeness (QED) is 0.732. The van der Waals surface area contributed by atoms with Crippen molar-refractivity contribution in [1.82, 2.24) is 4.98 Å². The Hall–Kier alpha value is -1.87. The van der Waals surface area contributed by atoms with Crippen LogP contribution in [0.2, 0.25) is 0 Å². The highest BCUT2D eigenvalue weighted by atomic mass is 32.1. The molecule has 0 unspecified atom stereocenters. The summed E-state index contributed by atoms with van der Waals surface area (Å²) in [7, 11) is 1.93. The van der Waals surface area contributed by atoms with E-state index in [-0.39, 0.29) is 0 Å². The SMILES string of the molecule is CNc1ccc(-c2cccc3ncsc23)cc1. The van der Waals surface area contributed by atoms with E-state index in [2.05, 4.69) is 52.8 Å². The maximum atomic E-state index is 4.34. The van der Waals surface area contributed by atoms with Gasteiger partial charge >= 0.3 is 0 Å². The van der Waals surface area contributed by atoms with Crippen LogP contribution in [0.1, 0.15) is 0 Å². The molecule has 0 amide bonds. The van der Waals surface area contributed by atoms with Crippen LogP contribution in [-0.2, 0) is 0 Å². The Bertz CT molecular complexity index is 641. The van der Waals surface area contributed by atoms with Crippen LogP contribution in [0.5, 0.6) is 0 Å². The zero-order valence-electron chi connectivity index (χ0n) is 9.47. The number of thiazole rings is 1. The predicted molar refractivity (Wildman–Crippen MR) is 74.6 cm³/mol. The molecule has 0 saturated carbocycles. The average Bonchev–Trinajstić information content (AvgIpc) is 2.87. The van der Waals surface area contributed by atoms with Crippen molar-refractivity contribution in [1.29, 1.82) is 0 Å². The first kappa shape index (κ1) is 10.3. The van der Waals surface area contributed by atoms with Gasteiger partial charge in [0, 0.05) is 18.3 Å². The lowest BCUT2D eigenvalue weighted by atomic mass is 10.1. The first-order chi connectivity index (χ1) is 8.38. The normalized spacial score (nSPS) is 10.6. The monoisotopic (exact) mass is 240 g/mol. The molecule has 3 heteroatoms. The maximum Gasteiger partial charge on any atom is 0.0818 e. The summed E-state index contributed by atoms with van der Waals surface area (Å²) < 4.78 is 1.25. The number of aromatic nitrogens is 1. The third-order valence-corrected chi connectivity index (χ3v) is 3.72. The Kier molecular flexibility index (Phi) is 2.53. The van der Waals surface area contributed by atoms with Crippen LogP contribution in [-0.4, -0.2) is 12.0 Å². The largest absolute Gasteiger partial charge is 0.388 e. The minimum absolute atomic E-state index is 1.07. The lowest BCUT2D eigenvalue weighted by Crippen LogP contribution is -1.86. The minimum Gasteiger partial charge on any atom is -0.388 e. The number of benzene rings is 2. The Morgan fingerprint density at radius 3 is 2.65 bits per heavy atom. The minimum atomic E-state index is 1.07. The summed E-state index contributed by atoms with van der Waals surface area (Å²) >= 11 is 1.69. The topological polar surface area (TPSA) is 24.9 Å². The Morgan fingerprint density at radius 1 is 1.06 bits per heavy atom. The molecule has 1 aromatic heterocycles. The number of nitrogens with zero attached hydrogens (tertiary/aromatic N) is 1. The molecule has 84 valence electrons. The van der Waals surface area contributed by atoms with Crippen LogP contribution < -0.4 is 5.32 Å². The van der Waals surface area contributed by atoms with E-state index in [1.807, 2.05) is 12.6 Å². The third kappa shape index (κ3) is 1.78. The highest BCUT2D eigenvalue weighted by Crippen LogP contribution is 2.31. The van der Waals surface area contributed by atoms with Crippen molar-refractivity contribution < 1.29 is 0 Å². The summed E-state index contributed by atoms with van der Waals surface area (Å²) in [5, 5.41) is 3.13. The molecule has 1 N–H and O–H groups in total. The first-order valence-corrected chi connectivity index (χ1v) is 6.37. The van der Waals surface area contributed by atoms with Gasteiger partial charge in [-0.3, -0.25) is 0 Å². The fraction of sp³-hybridized carbons (Fsp3) is 0.0714. The van der Waals surface area contributed by atoms with E-state index < -0.39 is 0 Å². The predicted octanol–water partition coefficient (Wildman–Crippen LogP) is 4.01. The zero-order chi connectivity index (χ0) is 11.7. The first-order valence-electron chi connectivity index (χ1n) is 5.49. The van der Waals surface area contributed by atoms with Crippen molar-refractivity contribution in [2.45, 2.75) is 0 Å². The summed E-state index contributed by atoms with van der Waals surface area (Å²) in [6.45, 7) is 0. The van der Waals surface area contributed by atoms with Gasteiger partial charge in [0.15, 0.2) is 0 Å². The zero-order valence-corrected chi connectivity index (χ0v) is 10.3. The van der Waals surface area contributed by atoms with Gasteiger partial charge in [-0.1, -0.05) is 24.3 Å². The number of hydrogen-bond acceptors (Lipinski definition) is 3. The van der Waals surface area contributed by atoms with Gasteiger partial charge in [-0.2, -0.15) is 0 Å². The number of rotatable bonds is 2. The van der Waals surface area contributed by atoms with E-state index in [1.54, 1.807) is 11.3 Å². The van der Waals surface area contributed by atoms with Gasteiger partial charge in [0.05, 0.1) is 15.7 Å². The van der Waals surface area contributed by atoms with Gasteiger partial charge in [0.1, 0.15) is 0 Å². The summed E-state index contributed by atoms with van der Waals surface area (Å²) in [6, 6.07) is 14.7. The molecule has 0 saturated heterocycles. The maximum absolute atomic E-state index is 4.34. The van der Waals surface area contributed by atoms with Gasteiger partial charge in [0.25, 0.3) is 0 Å². The number of nitrogens with one attached hydrogen (secondary N) is 1. The second-order valence-corrected chi connectivity index (χ2v) is 4.69. The smallest absolute Gasteiger partial charge is 0.0818 e. The summed E-state index contributed by atoms with van der Waals surface area (Å²) in [5.41, 5.74) is 6.60. The van der Waals surface area contributed by atoms with Gasteiger partial charge in [-0.25, -0.2) is 4.98 Å². The number of fused-ring (bicyclic) bond motifs is 1. The van der Waals surface area contributed by atoms with Crippen molar-refractivity contribution in [3.05, 3.63) is 48.0 Å². The highest BCUT2D eigenvalue weighted by Gasteiger charge is 2.05. The van der Waals surface area contributed by atoms with Crippen molar-refractivity contribution in [3.63, 3.8) is 0 Å². The molecular weight excluding hydrogens is 228 g/mol. The lowest BCUT2D eigenvalue weighted by Gasteiger charge is -2.04. The van der Waals surface area contributed by atoms with E-state index in [0.717, 1.165) is 11.2 Å². The van der Waals surface area contributed by atoms with E-state index in [1.165, 1.54) is 15.8 Å². The van der Waals surface area contributed by atoms with Gasteiger partial charge in [-0.05, 0) is 23.8 Å². The Balaban J connectivity index is 2.16. The Labute approximate surface area is 104 Å². The molecule has 3 aromatic rings. The number of hydrogen-bond donors (Lipinski definition) is 1. The molecule has 3 rings (SSSR count). The second kappa shape index (κ2) is 4.18. The standard InChI is InChI=1S/C14H12N2S/c1-15-11-7-5-10(6-8-11)12-3-2-4-13-14(12)17-9-16-13/h2-9,15H,1H3. The van der Waals surface area contributed by atoms with Gasteiger partial charge in [0.2, 0.25) is 0 Å². The van der Waals surface area contributed by atoms with E-state index in [9.17, 15) is 0 Å². The van der Waals surface area contributed by atoms with Crippen LogP contribution in [0, 0.1) is 0 Å². The molecule has 0 aliphatic carbocycles. The Morgan fingerprint density at radius 2 is 1.88 bits per heavy atom. The van der Waals surface area contributed by atoms with Crippen molar-refractivity contribution in [2.24, 2.45) is 0 Å². The molecule has 0 aliphatic heterocycles. The fourth-order valence-electron chi connectivity index (χ4n) is 1.93. The third-order valence-electron chi connectivity index (χ3n) is 2.84. The number of anilines is 1. The molecule has 0 spiro atoms. The summed E-state index contributed by atoms with van der Waals surface area (Å²) in [4.78, 5) is 4.34. The van der Waals surface area contributed by atoms with Crippen molar-refractivity contribution in [3.8, 4) is 11.1 Å². The van der Waals surface area contributed by atoms with Crippen LogP contribution in [0.15, 0.2) is 48.0 Å². The molecule has 0 aliphatic rings. The van der Waals surface area contributed by atoms with Gasteiger partial charge in [-0.15, -0.1) is 11.3 Å². The van der Waals surface area contributed by atoms with E-state index in [0.29, 0.717) is 0 Å². The molecule has 0 fully saturated rings. The summed E-state index contributed by atoms with van der Waals surface area (Å²) in [5.74, 6) is 0. The van der Waals surface area contributed by atoms with Crippen LogP contribution in [0.3, 0.4) is 0 Å².